The molecule has 1 aromatic heterocycles. The molecule has 1 aliphatic heterocycles. The van der Waals surface area contributed by atoms with E-state index in [1.165, 1.54) is 0 Å². The number of nitrogens with one attached hydrogen (secondary N) is 2. The number of hydrogen-bond acceptors (Lipinski definition) is 3. The lowest BCUT2D eigenvalue weighted by molar-refractivity contribution is -0.126. The van der Waals surface area contributed by atoms with E-state index in [2.05, 4.69) is 31.4 Å². The Morgan fingerprint density at radius 3 is 3.00 bits per heavy atom. The van der Waals surface area contributed by atoms with Crippen LogP contribution in [0.15, 0.2) is 22.7 Å². The van der Waals surface area contributed by atoms with Crippen molar-refractivity contribution in [2.24, 2.45) is 5.92 Å². The van der Waals surface area contributed by atoms with E-state index in [1.807, 2.05) is 32.0 Å². The molecule has 22 heavy (non-hydrogen) atoms. The number of aromatic amines is 1. The number of H-pyrrole nitrogens is 1. The monoisotopic (exact) mass is 364 g/mol. The Balaban J connectivity index is 1.85. The minimum absolute atomic E-state index is 0.0692. The van der Waals surface area contributed by atoms with Crippen LogP contribution >= 0.6 is 15.9 Å². The van der Waals surface area contributed by atoms with Gasteiger partial charge in [-0.2, -0.15) is 5.10 Å². The molecule has 6 nitrogen and oxygen atoms in total. The van der Waals surface area contributed by atoms with Crippen molar-refractivity contribution in [3.05, 3.63) is 22.7 Å². The number of carbonyl (C=O) groups is 2. The summed E-state index contributed by atoms with van der Waals surface area (Å²) in [6.07, 6.45) is 0.226. The smallest absolute Gasteiger partial charge is 0.229 e. The summed E-state index contributed by atoms with van der Waals surface area (Å²) in [4.78, 5) is 26.0. The zero-order valence-electron chi connectivity index (χ0n) is 12.4. The summed E-state index contributed by atoms with van der Waals surface area (Å²) in [6, 6.07) is 5.80. The Labute approximate surface area is 136 Å². The van der Waals surface area contributed by atoms with E-state index in [1.54, 1.807) is 4.90 Å². The molecule has 1 saturated heterocycles. The van der Waals surface area contributed by atoms with Crippen LogP contribution in [0.2, 0.25) is 0 Å². The molecule has 2 amide bonds. The van der Waals surface area contributed by atoms with E-state index < -0.39 is 0 Å². The second-order valence-electron chi connectivity index (χ2n) is 5.81. The minimum atomic E-state index is -0.322. The Morgan fingerprint density at radius 1 is 1.50 bits per heavy atom. The zero-order chi connectivity index (χ0) is 15.9. The van der Waals surface area contributed by atoms with Gasteiger partial charge >= 0.3 is 0 Å². The van der Waals surface area contributed by atoms with Gasteiger partial charge in [-0.3, -0.25) is 19.6 Å². The van der Waals surface area contributed by atoms with Gasteiger partial charge in [0.2, 0.25) is 11.8 Å². The highest BCUT2D eigenvalue weighted by atomic mass is 79.9. The largest absolute Gasteiger partial charge is 0.354 e. The van der Waals surface area contributed by atoms with Crippen LogP contribution in [0.4, 0.5) is 5.82 Å². The van der Waals surface area contributed by atoms with Gasteiger partial charge in [-0.25, -0.2) is 0 Å². The number of rotatable bonds is 3. The molecule has 2 N–H and O–H groups in total. The summed E-state index contributed by atoms with van der Waals surface area (Å²) in [5.74, 6) is 0.123. The van der Waals surface area contributed by atoms with Crippen molar-refractivity contribution in [1.82, 2.24) is 15.5 Å². The molecular formula is C15H17BrN4O2. The molecule has 0 spiro atoms. The Hall–Kier alpha value is -1.89. The number of hydrogen-bond donors (Lipinski definition) is 2. The Morgan fingerprint density at radius 2 is 2.27 bits per heavy atom. The maximum absolute atomic E-state index is 12.3. The van der Waals surface area contributed by atoms with Crippen LogP contribution in [0.25, 0.3) is 10.9 Å². The maximum atomic E-state index is 12.3. The number of aromatic nitrogens is 2. The quantitative estimate of drug-likeness (QED) is 0.876. The molecule has 0 bridgehead atoms. The molecular weight excluding hydrogens is 348 g/mol. The van der Waals surface area contributed by atoms with Crippen LogP contribution < -0.4 is 10.2 Å². The topological polar surface area (TPSA) is 78.1 Å². The highest BCUT2D eigenvalue weighted by Gasteiger charge is 2.36. The summed E-state index contributed by atoms with van der Waals surface area (Å²) in [6.45, 7) is 4.18. The van der Waals surface area contributed by atoms with Crippen molar-refractivity contribution in [2.45, 2.75) is 26.3 Å². The van der Waals surface area contributed by atoms with Gasteiger partial charge in [-0.1, -0.05) is 15.9 Å². The van der Waals surface area contributed by atoms with Crippen molar-refractivity contribution < 1.29 is 9.59 Å². The number of benzene rings is 1. The van der Waals surface area contributed by atoms with Crippen LogP contribution in [-0.4, -0.2) is 34.6 Å². The first-order valence-corrected chi connectivity index (χ1v) is 7.99. The molecule has 1 fully saturated rings. The molecule has 2 heterocycles. The van der Waals surface area contributed by atoms with E-state index in [-0.39, 0.29) is 30.2 Å². The molecule has 116 valence electrons. The molecule has 0 unspecified atom stereocenters. The average molecular weight is 365 g/mol. The lowest BCUT2D eigenvalue weighted by Gasteiger charge is -2.15. The lowest BCUT2D eigenvalue weighted by atomic mass is 10.1. The van der Waals surface area contributed by atoms with E-state index in [0.717, 1.165) is 15.4 Å². The third-order valence-corrected chi connectivity index (χ3v) is 4.18. The predicted octanol–water partition coefficient (Wildman–Crippen LogP) is 2.20. The average Bonchev–Trinajstić information content (AvgIpc) is 3.00. The van der Waals surface area contributed by atoms with Crippen LogP contribution in [-0.2, 0) is 9.59 Å². The molecule has 2 aromatic rings. The number of carbonyl (C=O) groups excluding carboxylic acids is 2. The van der Waals surface area contributed by atoms with Crippen LogP contribution in [0.1, 0.15) is 20.3 Å². The molecule has 3 rings (SSSR count). The van der Waals surface area contributed by atoms with Gasteiger partial charge in [0.1, 0.15) is 0 Å². The van der Waals surface area contributed by atoms with Crippen LogP contribution in [0, 0.1) is 5.92 Å². The minimum Gasteiger partial charge on any atom is -0.354 e. The number of amides is 2. The summed E-state index contributed by atoms with van der Waals surface area (Å²) < 4.78 is 0.942. The number of anilines is 1. The van der Waals surface area contributed by atoms with Crippen molar-refractivity contribution >= 4 is 44.5 Å². The predicted molar refractivity (Wildman–Crippen MR) is 87.5 cm³/mol. The van der Waals surface area contributed by atoms with Crippen molar-refractivity contribution in [2.75, 3.05) is 11.4 Å². The molecule has 0 radical (unpaired) electrons. The highest BCUT2D eigenvalue weighted by molar-refractivity contribution is 9.10. The molecule has 0 aliphatic carbocycles. The first-order chi connectivity index (χ1) is 10.5. The fourth-order valence-electron chi connectivity index (χ4n) is 2.67. The number of halogens is 1. The second kappa shape index (κ2) is 5.72. The van der Waals surface area contributed by atoms with Gasteiger partial charge in [0.05, 0.1) is 11.4 Å². The molecule has 0 saturated carbocycles. The normalized spacial score (nSPS) is 18.5. The lowest BCUT2D eigenvalue weighted by Crippen LogP contribution is -2.37. The summed E-state index contributed by atoms with van der Waals surface area (Å²) in [7, 11) is 0. The Bertz CT molecular complexity index is 740. The fraction of sp³-hybridized carbons (Fsp3) is 0.400. The first-order valence-electron chi connectivity index (χ1n) is 7.20. The number of fused-ring (bicyclic) bond motifs is 1. The van der Waals surface area contributed by atoms with Gasteiger partial charge in [-0.05, 0) is 32.0 Å². The molecule has 1 aromatic carbocycles. The van der Waals surface area contributed by atoms with Gasteiger partial charge in [0.15, 0.2) is 5.82 Å². The zero-order valence-corrected chi connectivity index (χ0v) is 14.0. The molecule has 7 heteroatoms. The Kier molecular flexibility index (Phi) is 3.90. The molecule has 1 atom stereocenters. The SMILES string of the molecule is CC(C)NC(=O)[C@H]1CC(=O)N(c2n[nH]c3cc(Br)ccc23)C1. The standard InChI is InChI=1S/C15H17BrN4O2/c1-8(2)17-15(22)9-5-13(21)20(7-9)14-11-4-3-10(16)6-12(11)18-19-14/h3-4,6,8-9H,5,7H2,1-2H3,(H,17,22)(H,18,19)/t9-/m0/s1. The van der Waals surface area contributed by atoms with E-state index in [9.17, 15) is 9.59 Å². The van der Waals surface area contributed by atoms with Crippen molar-refractivity contribution in [1.29, 1.82) is 0 Å². The van der Waals surface area contributed by atoms with E-state index in [4.69, 9.17) is 0 Å². The summed E-state index contributed by atoms with van der Waals surface area (Å²) in [5.41, 5.74) is 0.854. The summed E-state index contributed by atoms with van der Waals surface area (Å²) >= 11 is 3.41. The van der Waals surface area contributed by atoms with Gasteiger partial charge in [0, 0.05) is 28.9 Å². The molecule has 1 aliphatic rings. The van der Waals surface area contributed by atoms with Crippen molar-refractivity contribution in [3.63, 3.8) is 0 Å². The van der Waals surface area contributed by atoms with Gasteiger partial charge in [-0.15, -0.1) is 0 Å². The summed E-state index contributed by atoms with van der Waals surface area (Å²) in [5, 5.41) is 10.9. The number of nitrogens with zero attached hydrogens (tertiary/aromatic N) is 2. The highest BCUT2D eigenvalue weighted by Crippen LogP contribution is 2.31. The first kappa shape index (κ1) is 15.0. The van der Waals surface area contributed by atoms with E-state index in [0.29, 0.717) is 12.4 Å². The van der Waals surface area contributed by atoms with Crippen molar-refractivity contribution in [3.8, 4) is 0 Å². The third-order valence-electron chi connectivity index (χ3n) is 3.69. The van der Waals surface area contributed by atoms with Gasteiger partial charge < -0.3 is 5.32 Å². The van der Waals surface area contributed by atoms with Gasteiger partial charge in [0.25, 0.3) is 0 Å². The fourth-order valence-corrected chi connectivity index (χ4v) is 3.03. The maximum Gasteiger partial charge on any atom is 0.229 e. The third kappa shape index (κ3) is 2.72. The second-order valence-corrected chi connectivity index (χ2v) is 6.72. The van der Waals surface area contributed by atoms with Crippen LogP contribution in [0.3, 0.4) is 0 Å². The van der Waals surface area contributed by atoms with E-state index >= 15 is 0 Å². The van der Waals surface area contributed by atoms with Crippen LogP contribution in [0.5, 0.6) is 0 Å².